The van der Waals surface area contributed by atoms with Crippen LogP contribution in [-0.2, 0) is 19.6 Å². The molecule has 0 radical (unpaired) electrons. The first-order chi connectivity index (χ1) is 9.19. The minimum Gasteiger partial charge on any atom is -0.326 e. The van der Waals surface area contributed by atoms with Crippen LogP contribution in [0.1, 0.15) is 22.3 Å². The standard InChI is InChI=1S/C16H21N3/c1-13-8-14(9-17)5-6-16(13)12-19(2)11-15-4-3-7-18-10-15/h3-8,10H,9,11-12,17H2,1-2H3. The van der Waals surface area contributed by atoms with Gasteiger partial charge in [0.05, 0.1) is 0 Å². The smallest absolute Gasteiger partial charge is 0.0312 e. The van der Waals surface area contributed by atoms with Gasteiger partial charge in [-0.3, -0.25) is 9.88 Å². The molecule has 2 rings (SSSR count). The lowest BCUT2D eigenvalue weighted by molar-refractivity contribution is 0.318. The summed E-state index contributed by atoms with van der Waals surface area (Å²) in [6.07, 6.45) is 3.72. The van der Waals surface area contributed by atoms with Crippen LogP contribution in [0.5, 0.6) is 0 Å². The highest BCUT2D eigenvalue weighted by Gasteiger charge is 2.05. The third-order valence-electron chi connectivity index (χ3n) is 3.26. The van der Waals surface area contributed by atoms with Crippen LogP contribution in [0.3, 0.4) is 0 Å². The quantitative estimate of drug-likeness (QED) is 0.892. The molecule has 0 aliphatic carbocycles. The molecule has 0 atom stereocenters. The number of aryl methyl sites for hydroxylation is 1. The zero-order valence-electron chi connectivity index (χ0n) is 11.6. The number of nitrogens with two attached hydrogens (primary N) is 1. The van der Waals surface area contributed by atoms with Gasteiger partial charge in [0.2, 0.25) is 0 Å². The van der Waals surface area contributed by atoms with E-state index in [2.05, 4.69) is 48.1 Å². The van der Waals surface area contributed by atoms with Gasteiger partial charge in [-0.05, 0) is 42.3 Å². The highest BCUT2D eigenvalue weighted by molar-refractivity contribution is 5.31. The Morgan fingerprint density at radius 1 is 1.16 bits per heavy atom. The van der Waals surface area contributed by atoms with E-state index in [-0.39, 0.29) is 0 Å². The fraction of sp³-hybridized carbons (Fsp3) is 0.312. The molecule has 0 spiro atoms. The highest BCUT2D eigenvalue weighted by Crippen LogP contribution is 2.14. The van der Waals surface area contributed by atoms with Gasteiger partial charge in [0.1, 0.15) is 0 Å². The van der Waals surface area contributed by atoms with Crippen molar-refractivity contribution in [1.29, 1.82) is 0 Å². The second kappa shape index (κ2) is 6.45. The fourth-order valence-electron chi connectivity index (χ4n) is 2.21. The summed E-state index contributed by atoms with van der Waals surface area (Å²) >= 11 is 0. The van der Waals surface area contributed by atoms with Gasteiger partial charge < -0.3 is 5.73 Å². The molecule has 0 bridgehead atoms. The first-order valence-corrected chi connectivity index (χ1v) is 6.55. The van der Waals surface area contributed by atoms with Crippen molar-refractivity contribution in [3.8, 4) is 0 Å². The van der Waals surface area contributed by atoms with E-state index in [0.29, 0.717) is 6.54 Å². The predicted molar refractivity (Wildman–Crippen MR) is 78.5 cm³/mol. The summed E-state index contributed by atoms with van der Waals surface area (Å²) in [5.74, 6) is 0. The topological polar surface area (TPSA) is 42.1 Å². The molecule has 0 amide bonds. The van der Waals surface area contributed by atoms with Gasteiger partial charge >= 0.3 is 0 Å². The molecule has 0 fully saturated rings. The van der Waals surface area contributed by atoms with Crippen LogP contribution < -0.4 is 5.73 Å². The molecule has 2 N–H and O–H groups in total. The van der Waals surface area contributed by atoms with E-state index < -0.39 is 0 Å². The third kappa shape index (κ3) is 3.88. The Hall–Kier alpha value is -1.71. The van der Waals surface area contributed by atoms with Crippen LogP contribution >= 0.6 is 0 Å². The molecule has 0 aliphatic rings. The van der Waals surface area contributed by atoms with Crippen molar-refractivity contribution in [3.05, 3.63) is 65.0 Å². The molecule has 2 aromatic rings. The van der Waals surface area contributed by atoms with Gasteiger partial charge in [-0.15, -0.1) is 0 Å². The largest absolute Gasteiger partial charge is 0.326 e. The number of aromatic nitrogens is 1. The van der Waals surface area contributed by atoms with Crippen LogP contribution in [0.2, 0.25) is 0 Å². The zero-order valence-corrected chi connectivity index (χ0v) is 11.6. The maximum absolute atomic E-state index is 5.65. The van der Waals surface area contributed by atoms with Crippen LogP contribution in [0.25, 0.3) is 0 Å². The lowest BCUT2D eigenvalue weighted by atomic mass is 10.0. The number of pyridine rings is 1. The molecule has 19 heavy (non-hydrogen) atoms. The van der Waals surface area contributed by atoms with E-state index in [1.807, 2.05) is 12.3 Å². The Balaban J connectivity index is 2.01. The van der Waals surface area contributed by atoms with Crippen LogP contribution in [0.4, 0.5) is 0 Å². The number of nitrogens with zero attached hydrogens (tertiary/aromatic N) is 2. The third-order valence-corrected chi connectivity index (χ3v) is 3.26. The summed E-state index contributed by atoms with van der Waals surface area (Å²) in [5.41, 5.74) is 10.7. The number of hydrogen-bond donors (Lipinski definition) is 1. The van der Waals surface area contributed by atoms with Crippen molar-refractivity contribution >= 4 is 0 Å². The molecule has 0 saturated heterocycles. The first kappa shape index (κ1) is 13.7. The van der Waals surface area contributed by atoms with Crippen molar-refractivity contribution in [2.75, 3.05) is 7.05 Å². The lowest BCUT2D eigenvalue weighted by Crippen LogP contribution is -2.18. The Labute approximate surface area is 115 Å². The van der Waals surface area contributed by atoms with Crippen LogP contribution in [-0.4, -0.2) is 16.9 Å². The van der Waals surface area contributed by atoms with Gasteiger partial charge in [0, 0.05) is 32.0 Å². The van der Waals surface area contributed by atoms with E-state index >= 15 is 0 Å². The van der Waals surface area contributed by atoms with Crippen molar-refractivity contribution in [2.45, 2.75) is 26.6 Å². The van der Waals surface area contributed by atoms with Crippen LogP contribution in [0.15, 0.2) is 42.7 Å². The summed E-state index contributed by atoms with van der Waals surface area (Å²) in [6, 6.07) is 10.5. The Morgan fingerprint density at radius 2 is 2.00 bits per heavy atom. The predicted octanol–water partition coefficient (Wildman–Crippen LogP) is 2.48. The Kier molecular flexibility index (Phi) is 4.66. The van der Waals surface area contributed by atoms with Gasteiger partial charge in [-0.1, -0.05) is 24.3 Å². The van der Waals surface area contributed by atoms with Crippen molar-refractivity contribution < 1.29 is 0 Å². The molecule has 1 aromatic heterocycles. The van der Waals surface area contributed by atoms with E-state index in [1.165, 1.54) is 22.3 Å². The molecule has 1 aromatic carbocycles. The number of benzene rings is 1. The monoisotopic (exact) mass is 255 g/mol. The van der Waals surface area contributed by atoms with Gasteiger partial charge in [0.25, 0.3) is 0 Å². The average molecular weight is 255 g/mol. The number of rotatable bonds is 5. The lowest BCUT2D eigenvalue weighted by Gasteiger charge is -2.18. The summed E-state index contributed by atoms with van der Waals surface area (Å²) < 4.78 is 0. The average Bonchev–Trinajstić information content (AvgIpc) is 2.42. The van der Waals surface area contributed by atoms with Crippen LogP contribution in [0, 0.1) is 6.92 Å². The van der Waals surface area contributed by atoms with E-state index in [9.17, 15) is 0 Å². The van der Waals surface area contributed by atoms with Gasteiger partial charge in [0.15, 0.2) is 0 Å². The molecule has 3 heteroatoms. The maximum Gasteiger partial charge on any atom is 0.0312 e. The summed E-state index contributed by atoms with van der Waals surface area (Å²) in [4.78, 5) is 6.44. The Morgan fingerprint density at radius 3 is 2.63 bits per heavy atom. The van der Waals surface area contributed by atoms with E-state index in [0.717, 1.165) is 13.1 Å². The normalized spacial score (nSPS) is 10.9. The second-order valence-electron chi connectivity index (χ2n) is 5.00. The second-order valence-corrected chi connectivity index (χ2v) is 5.00. The molecule has 0 unspecified atom stereocenters. The molecule has 0 aliphatic heterocycles. The summed E-state index contributed by atoms with van der Waals surface area (Å²) in [6.45, 7) is 4.59. The van der Waals surface area contributed by atoms with Crippen molar-refractivity contribution in [1.82, 2.24) is 9.88 Å². The van der Waals surface area contributed by atoms with Gasteiger partial charge in [-0.25, -0.2) is 0 Å². The fourth-order valence-corrected chi connectivity index (χ4v) is 2.21. The summed E-state index contributed by atoms with van der Waals surface area (Å²) in [5, 5.41) is 0. The zero-order chi connectivity index (χ0) is 13.7. The molecule has 0 saturated carbocycles. The highest BCUT2D eigenvalue weighted by atomic mass is 15.1. The summed E-state index contributed by atoms with van der Waals surface area (Å²) in [7, 11) is 2.13. The Bertz CT molecular complexity index is 523. The molecule has 3 nitrogen and oxygen atoms in total. The van der Waals surface area contributed by atoms with Crippen molar-refractivity contribution in [3.63, 3.8) is 0 Å². The van der Waals surface area contributed by atoms with Gasteiger partial charge in [-0.2, -0.15) is 0 Å². The maximum atomic E-state index is 5.65. The SMILES string of the molecule is Cc1cc(CN)ccc1CN(C)Cc1cccnc1. The molecule has 100 valence electrons. The molecule has 1 heterocycles. The van der Waals surface area contributed by atoms with E-state index in [1.54, 1.807) is 6.20 Å². The first-order valence-electron chi connectivity index (χ1n) is 6.55. The molecular weight excluding hydrogens is 234 g/mol. The van der Waals surface area contributed by atoms with E-state index in [4.69, 9.17) is 5.73 Å². The minimum atomic E-state index is 0.604. The van der Waals surface area contributed by atoms with Crippen molar-refractivity contribution in [2.24, 2.45) is 5.73 Å². The number of hydrogen-bond acceptors (Lipinski definition) is 3. The molecular formula is C16H21N3. The minimum absolute atomic E-state index is 0.604.